The summed E-state index contributed by atoms with van der Waals surface area (Å²) in [6.45, 7) is 2.09. The van der Waals surface area contributed by atoms with Gasteiger partial charge in [-0.2, -0.15) is 10.4 Å². The van der Waals surface area contributed by atoms with Gasteiger partial charge in [0.2, 0.25) is 0 Å². The van der Waals surface area contributed by atoms with Crippen LogP contribution < -0.4 is 5.01 Å². The second-order valence-corrected chi connectivity index (χ2v) is 6.18. The lowest BCUT2D eigenvalue weighted by Gasteiger charge is -2.28. The molecule has 1 aliphatic carbocycles. The summed E-state index contributed by atoms with van der Waals surface area (Å²) in [5.41, 5.74) is 2.71. The zero-order valence-corrected chi connectivity index (χ0v) is 12.4. The standard InChI is InChI=1S/C16H18ClN3/c1-11-8-16(12-4-2-3-5-12)20(19-11)14-7-6-13(10-18)15(17)9-14/h6-7,9,12,16H,2-5,8H2,1H3. The monoisotopic (exact) mass is 287 g/mol. The van der Waals surface area contributed by atoms with Crippen LogP contribution in [-0.4, -0.2) is 11.8 Å². The zero-order valence-electron chi connectivity index (χ0n) is 11.6. The van der Waals surface area contributed by atoms with Gasteiger partial charge >= 0.3 is 0 Å². The highest BCUT2D eigenvalue weighted by molar-refractivity contribution is 6.32. The van der Waals surface area contributed by atoms with E-state index in [2.05, 4.69) is 23.1 Å². The minimum atomic E-state index is 0.460. The molecule has 0 saturated heterocycles. The van der Waals surface area contributed by atoms with Gasteiger partial charge < -0.3 is 0 Å². The Bertz CT molecular complexity index is 582. The van der Waals surface area contributed by atoms with E-state index in [1.807, 2.05) is 12.1 Å². The first-order chi connectivity index (χ1) is 9.69. The summed E-state index contributed by atoms with van der Waals surface area (Å²) in [7, 11) is 0. The van der Waals surface area contributed by atoms with E-state index in [1.54, 1.807) is 6.07 Å². The van der Waals surface area contributed by atoms with Crippen molar-refractivity contribution in [2.45, 2.75) is 45.1 Å². The molecule has 104 valence electrons. The maximum Gasteiger partial charge on any atom is 0.101 e. The molecule has 2 aliphatic rings. The number of rotatable bonds is 2. The molecule has 1 fully saturated rings. The van der Waals surface area contributed by atoms with Crippen molar-refractivity contribution in [1.29, 1.82) is 5.26 Å². The molecule has 0 amide bonds. The van der Waals surface area contributed by atoms with Crippen molar-refractivity contribution in [3.8, 4) is 6.07 Å². The number of anilines is 1. The molecular formula is C16H18ClN3. The molecule has 3 rings (SSSR count). The smallest absolute Gasteiger partial charge is 0.101 e. The number of nitrogens with zero attached hydrogens (tertiary/aromatic N) is 3. The van der Waals surface area contributed by atoms with Crippen LogP contribution in [0.15, 0.2) is 23.3 Å². The average molecular weight is 288 g/mol. The third kappa shape index (κ3) is 2.41. The van der Waals surface area contributed by atoms with Crippen LogP contribution in [0.2, 0.25) is 5.02 Å². The summed E-state index contributed by atoms with van der Waals surface area (Å²) < 4.78 is 0. The second kappa shape index (κ2) is 5.46. The van der Waals surface area contributed by atoms with Crippen molar-refractivity contribution in [2.24, 2.45) is 11.0 Å². The maximum atomic E-state index is 8.97. The van der Waals surface area contributed by atoms with Gasteiger partial charge in [-0.1, -0.05) is 24.4 Å². The van der Waals surface area contributed by atoms with Crippen LogP contribution in [0.25, 0.3) is 0 Å². The van der Waals surface area contributed by atoms with E-state index in [1.165, 1.54) is 31.4 Å². The van der Waals surface area contributed by atoms with Gasteiger partial charge in [-0.05, 0) is 43.9 Å². The minimum Gasteiger partial charge on any atom is -0.262 e. The Balaban J connectivity index is 1.90. The number of hydrogen-bond acceptors (Lipinski definition) is 3. The van der Waals surface area contributed by atoms with Gasteiger partial charge in [-0.3, -0.25) is 5.01 Å². The van der Waals surface area contributed by atoms with Crippen LogP contribution in [0.1, 0.15) is 44.6 Å². The molecule has 0 radical (unpaired) electrons. The topological polar surface area (TPSA) is 39.4 Å². The number of hydrazone groups is 1. The predicted octanol–water partition coefficient (Wildman–Crippen LogP) is 4.36. The molecular weight excluding hydrogens is 270 g/mol. The Morgan fingerprint density at radius 1 is 1.35 bits per heavy atom. The molecule has 1 saturated carbocycles. The van der Waals surface area contributed by atoms with Gasteiger partial charge in [0.1, 0.15) is 6.07 Å². The van der Waals surface area contributed by atoms with Crippen LogP contribution in [0, 0.1) is 17.2 Å². The van der Waals surface area contributed by atoms with Gasteiger partial charge in [-0.15, -0.1) is 0 Å². The Morgan fingerprint density at radius 2 is 2.10 bits per heavy atom. The fourth-order valence-corrected chi connectivity index (χ4v) is 3.60. The summed E-state index contributed by atoms with van der Waals surface area (Å²) in [5, 5.41) is 16.3. The van der Waals surface area contributed by atoms with Gasteiger partial charge in [0.25, 0.3) is 0 Å². The lowest BCUT2D eigenvalue weighted by Crippen LogP contribution is -2.32. The molecule has 1 aromatic rings. The molecule has 1 aliphatic heterocycles. The predicted molar refractivity (Wildman–Crippen MR) is 82.1 cm³/mol. The van der Waals surface area contributed by atoms with Crippen LogP contribution in [0.3, 0.4) is 0 Å². The van der Waals surface area contributed by atoms with Crippen LogP contribution >= 0.6 is 11.6 Å². The number of halogens is 1. The van der Waals surface area contributed by atoms with E-state index < -0.39 is 0 Å². The first kappa shape index (κ1) is 13.5. The highest BCUT2D eigenvalue weighted by atomic mass is 35.5. The van der Waals surface area contributed by atoms with Gasteiger partial charge in [0.15, 0.2) is 0 Å². The molecule has 1 aromatic carbocycles. The van der Waals surface area contributed by atoms with Crippen LogP contribution in [0.5, 0.6) is 0 Å². The van der Waals surface area contributed by atoms with Crippen molar-refractivity contribution in [1.82, 2.24) is 0 Å². The normalized spacial score (nSPS) is 22.9. The molecule has 4 heteroatoms. The summed E-state index contributed by atoms with van der Waals surface area (Å²) in [5.74, 6) is 0.727. The summed E-state index contributed by atoms with van der Waals surface area (Å²) in [4.78, 5) is 0. The van der Waals surface area contributed by atoms with Crippen molar-refractivity contribution in [3.63, 3.8) is 0 Å². The van der Waals surface area contributed by atoms with E-state index >= 15 is 0 Å². The average Bonchev–Trinajstić information content (AvgIpc) is 3.07. The van der Waals surface area contributed by atoms with Crippen molar-refractivity contribution in [2.75, 3.05) is 5.01 Å². The molecule has 3 nitrogen and oxygen atoms in total. The third-order valence-corrected chi connectivity index (χ3v) is 4.69. The van der Waals surface area contributed by atoms with E-state index in [0.29, 0.717) is 16.6 Å². The van der Waals surface area contributed by atoms with Crippen molar-refractivity contribution >= 4 is 23.0 Å². The largest absolute Gasteiger partial charge is 0.262 e. The van der Waals surface area contributed by atoms with Crippen molar-refractivity contribution < 1.29 is 0 Å². The fraction of sp³-hybridized carbons (Fsp3) is 0.500. The Kier molecular flexibility index (Phi) is 3.67. The minimum absolute atomic E-state index is 0.460. The summed E-state index contributed by atoms with van der Waals surface area (Å²) in [6, 6.07) is 8.16. The Morgan fingerprint density at radius 3 is 2.75 bits per heavy atom. The molecule has 1 unspecified atom stereocenters. The highest BCUT2D eigenvalue weighted by Gasteiger charge is 2.34. The molecule has 20 heavy (non-hydrogen) atoms. The van der Waals surface area contributed by atoms with E-state index in [-0.39, 0.29) is 0 Å². The SMILES string of the molecule is CC1=NN(c2ccc(C#N)c(Cl)c2)C(C2CCCC2)C1. The lowest BCUT2D eigenvalue weighted by molar-refractivity contribution is 0.430. The van der Waals surface area contributed by atoms with Gasteiger partial charge in [-0.25, -0.2) is 0 Å². The number of hydrogen-bond donors (Lipinski definition) is 0. The number of benzene rings is 1. The Labute approximate surface area is 124 Å². The quantitative estimate of drug-likeness (QED) is 0.811. The Hall–Kier alpha value is -1.53. The van der Waals surface area contributed by atoms with Gasteiger partial charge in [0, 0.05) is 12.1 Å². The highest BCUT2D eigenvalue weighted by Crippen LogP contribution is 2.37. The lowest BCUT2D eigenvalue weighted by atomic mass is 9.94. The van der Waals surface area contributed by atoms with E-state index in [9.17, 15) is 0 Å². The number of nitriles is 1. The molecule has 0 spiro atoms. The fourth-order valence-electron chi connectivity index (χ4n) is 3.38. The van der Waals surface area contributed by atoms with E-state index in [4.69, 9.17) is 16.9 Å². The first-order valence-electron chi connectivity index (χ1n) is 7.22. The van der Waals surface area contributed by atoms with Gasteiger partial charge in [0.05, 0.1) is 22.3 Å². The van der Waals surface area contributed by atoms with Crippen molar-refractivity contribution in [3.05, 3.63) is 28.8 Å². The first-order valence-corrected chi connectivity index (χ1v) is 7.60. The summed E-state index contributed by atoms with van der Waals surface area (Å²) in [6.07, 6.45) is 6.31. The molecule has 0 aromatic heterocycles. The third-order valence-electron chi connectivity index (χ3n) is 4.38. The second-order valence-electron chi connectivity index (χ2n) is 5.77. The maximum absolute atomic E-state index is 8.97. The molecule has 1 atom stereocenters. The molecule has 1 heterocycles. The van der Waals surface area contributed by atoms with Crippen LogP contribution in [-0.2, 0) is 0 Å². The zero-order chi connectivity index (χ0) is 14.1. The molecule has 0 bridgehead atoms. The summed E-state index contributed by atoms with van der Waals surface area (Å²) >= 11 is 6.15. The molecule has 0 N–H and O–H groups in total. The van der Waals surface area contributed by atoms with Crippen LogP contribution in [0.4, 0.5) is 5.69 Å². The van der Waals surface area contributed by atoms with E-state index in [0.717, 1.165) is 18.0 Å².